The molecule has 8 rings (SSSR count). The van der Waals surface area contributed by atoms with E-state index in [0.717, 1.165) is 0 Å². The van der Waals surface area contributed by atoms with Gasteiger partial charge < -0.3 is 9.47 Å². The van der Waals surface area contributed by atoms with Gasteiger partial charge in [0.2, 0.25) is 0 Å². The second-order valence-electron chi connectivity index (χ2n) is 14.3. The lowest BCUT2D eigenvalue weighted by molar-refractivity contribution is 0.195. The third-order valence-electron chi connectivity index (χ3n) is 11.3. The van der Waals surface area contributed by atoms with E-state index in [-0.39, 0.29) is 23.1 Å². The van der Waals surface area contributed by atoms with Crippen molar-refractivity contribution in [2.45, 2.75) is 97.4 Å². The molecular weight excluding hydrogens is 459 g/mol. The summed E-state index contributed by atoms with van der Waals surface area (Å²) < 4.78 is 2.61. The van der Waals surface area contributed by atoms with Crippen molar-refractivity contribution in [1.82, 2.24) is 4.57 Å². The van der Waals surface area contributed by atoms with Gasteiger partial charge in [0.05, 0.1) is 5.54 Å². The standard InChI is InChI=1S/C35H39BN2/c1-20-16-28-30-29(17-20)38-32-25(34(7)14-9-10-15-35(34,38)8)12-11-13-26(32)36(30)27-19-23(33(4,5)6)18-24-21(2)22(3)37(28)31(24)27/h11-13,16-19H,9-10,14-15H2,1-8H3. The maximum Gasteiger partial charge on any atom is 0.252 e. The maximum atomic E-state index is 2.83. The molecule has 3 heteroatoms. The summed E-state index contributed by atoms with van der Waals surface area (Å²) in [6.45, 7) is 19.5. The summed E-state index contributed by atoms with van der Waals surface area (Å²) in [7, 11) is 0. The van der Waals surface area contributed by atoms with E-state index >= 15 is 0 Å². The molecule has 3 aliphatic heterocycles. The number of anilines is 2. The van der Waals surface area contributed by atoms with Gasteiger partial charge in [0.1, 0.15) is 0 Å². The van der Waals surface area contributed by atoms with E-state index in [1.807, 2.05) is 0 Å². The van der Waals surface area contributed by atoms with Gasteiger partial charge in [-0.1, -0.05) is 64.8 Å². The van der Waals surface area contributed by atoms with E-state index in [1.54, 1.807) is 5.56 Å². The quantitative estimate of drug-likeness (QED) is 0.215. The average molecular weight is 499 g/mol. The van der Waals surface area contributed by atoms with Crippen LogP contribution >= 0.6 is 0 Å². The zero-order valence-electron chi connectivity index (χ0n) is 24.3. The number of fused-ring (bicyclic) bond motifs is 7. The van der Waals surface area contributed by atoms with Crippen molar-refractivity contribution >= 4 is 45.4 Å². The topological polar surface area (TPSA) is 8.17 Å². The number of hydrogen-bond acceptors (Lipinski definition) is 1. The van der Waals surface area contributed by atoms with Crippen LogP contribution in [0.3, 0.4) is 0 Å². The predicted molar refractivity (Wildman–Crippen MR) is 164 cm³/mol. The Morgan fingerprint density at radius 1 is 0.868 bits per heavy atom. The fourth-order valence-corrected chi connectivity index (χ4v) is 8.98. The van der Waals surface area contributed by atoms with Crippen LogP contribution in [0.5, 0.6) is 0 Å². The van der Waals surface area contributed by atoms with Crippen molar-refractivity contribution in [3.63, 3.8) is 0 Å². The molecule has 0 saturated heterocycles. The van der Waals surface area contributed by atoms with Gasteiger partial charge in [-0.25, -0.2) is 0 Å². The molecule has 1 saturated carbocycles. The Labute approximate surface area is 228 Å². The summed E-state index contributed by atoms with van der Waals surface area (Å²) in [5, 5.41) is 1.43. The van der Waals surface area contributed by atoms with Crippen LogP contribution in [0.15, 0.2) is 42.5 Å². The summed E-state index contributed by atoms with van der Waals surface area (Å²) >= 11 is 0. The molecule has 4 heterocycles. The Kier molecular flexibility index (Phi) is 4.11. The highest BCUT2D eigenvalue weighted by Crippen LogP contribution is 2.61. The fourth-order valence-electron chi connectivity index (χ4n) is 8.98. The van der Waals surface area contributed by atoms with Gasteiger partial charge in [0, 0.05) is 39.1 Å². The van der Waals surface area contributed by atoms with Crippen molar-refractivity contribution in [3.8, 4) is 5.69 Å². The Morgan fingerprint density at radius 3 is 2.37 bits per heavy atom. The average Bonchev–Trinajstić information content (AvgIpc) is 3.25. The summed E-state index contributed by atoms with van der Waals surface area (Å²) in [5.41, 5.74) is 17.9. The van der Waals surface area contributed by atoms with Crippen LogP contribution in [0.2, 0.25) is 0 Å². The lowest BCUT2D eigenvalue weighted by Gasteiger charge is -2.52. The zero-order chi connectivity index (χ0) is 26.5. The summed E-state index contributed by atoms with van der Waals surface area (Å²) in [5.74, 6) is 0. The van der Waals surface area contributed by atoms with Crippen LogP contribution in [0.25, 0.3) is 16.6 Å². The highest BCUT2D eigenvalue weighted by atomic mass is 15.3. The molecule has 4 aromatic rings. The number of aromatic nitrogens is 1. The zero-order valence-corrected chi connectivity index (χ0v) is 24.3. The van der Waals surface area contributed by atoms with Gasteiger partial charge in [0.25, 0.3) is 6.71 Å². The van der Waals surface area contributed by atoms with Crippen LogP contribution in [-0.2, 0) is 10.8 Å². The molecule has 1 aliphatic carbocycles. The maximum absolute atomic E-state index is 2.83. The van der Waals surface area contributed by atoms with Crippen LogP contribution in [0, 0.1) is 20.8 Å². The number of nitrogens with zero attached hydrogens (tertiary/aromatic N) is 2. The first-order valence-electron chi connectivity index (χ1n) is 14.7. The molecule has 0 spiro atoms. The molecule has 0 radical (unpaired) electrons. The van der Waals surface area contributed by atoms with E-state index in [0.29, 0.717) is 0 Å². The summed E-state index contributed by atoms with van der Waals surface area (Å²) in [6, 6.07) is 17.3. The SMILES string of the molecule is Cc1cc2c3c(c1)-n1c(C)c(C)c4cc(C(C)(C)C)cc(c41)B3c1cccc3c1N2C1(C)CCCCC31C. The molecule has 0 amide bonds. The van der Waals surface area contributed by atoms with E-state index in [2.05, 4.69) is 107 Å². The van der Waals surface area contributed by atoms with Crippen molar-refractivity contribution in [1.29, 1.82) is 0 Å². The van der Waals surface area contributed by atoms with Gasteiger partial charge in [-0.3, -0.25) is 0 Å². The largest absolute Gasteiger partial charge is 0.335 e. The van der Waals surface area contributed by atoms with Crippen molar-refractivity contribution in [2.24, 2.45) is 0 Å². The van der Waals surface area contributed by atoms with E-state index in [1.165, 1.54) is 92.4 Å². The Hall–Kier alpha value is -2.94. The molecular formula is C35H39BN2. The molecule has 0 N–H and O–H groups in total. The normalized spacial score (nSPS) is 24.5. The molecule has 4 aliphatic rings. The van der Waals surface area contributed by atoms with Crippen LogP contribution in [0.1, 0.15) is 88.2 Å². The van der Waals surface area contributed by atoms with Gasteiger partial charge in [0.15, 0.2) is 0 Å². The lowest BCUT2D eigenvalue weighted by atomic mass is 9.33. The molecule has 1 fully saturated rings. The van der Waals surface area contributed by atoms with Crippen molar-refractivity contribution in [2.75, 3.05) is 4.90 Å². The highest BCUT2D eigenvalue weighted by Gasteiger charge is 2.61. The van der Waals surface area contributed by atoms with E-state index in [9.17, 15) is 0 Å². The second kappa shape index (κ2) is 6.79. The smallest absolute Gasteiger partial charge is 0.252 e. The van der Waals surface area contributed by atoms with Crippen LogP contribution in [-0.4, -0.2) is 16.8 Å². The molecule has 1 aromatic heterocycles. The van der Waals surface area contributed by atoms with Crippen molar-refractivity contribution < 1.29 is 0 Å². The molecule has 0 bridgehead atoms. The minimum absolute atomic E-state index is 0.0960. The highest BCUT2D eigenvalue weighted by molar-refractivity contribution is 7.00. The van der Waals surface area contributed by atoms with E-state index in [4.69, 9.17) is 0 Å². The monoisotopic (exact) mass is 498 g/mol. The number of aryl methyl sites for hydroxylation is 2. The first kappa shape index (κ1) is 23.0. The Bertz CT molecular complexity index is 1730. The molecule has 192 valence electrons. The molecule has 3 aromatic carbocycles. The molecule has 2 atom stereocenters. The predicted octanol–water partition coefficient (Wildman–Crippen LogP) is 6.74. The van der Waals surface area contributed by atoms with Crippen LogP contribution in [0.4, 0.5) is 11.4 Å². The Balaban J connectivity index is 1.57. The fraction of sp³-hybridized carbons (Fsp3) is 0.429. The minimum Gasteiger partial charge on any atom is -0.335 e. The number of para-hydroxylation sites is 1. The lowest BCUT2D eigenvalue weighted by Crippen LogP contribution is -2.64. The van der Waals surface area contributed by atoms with Gasteiger partial charge in [-0.05, 0) is 103 Å². The Morgan fingerprint density at radius 2 is 1.61 bits per heavy atom. The van der Waals surface area contributed by atoms with Gasteiger partial charge >= 0.3 is 0 Å². The first-order valence-corrected chi connectivity index (χ1v) is 14.7. The third kappa shape index (κ3) is 2.40. The second-order valence-corrected chi connectivity index (χ2v) is 14.3. The summed E-state index contributed by atoms with van der Waals surface area (Å²) in [4.78, 5) is 2.83. The number of hydrogen-bond donors (Lipinski definition) is 0. The first-order chi connectivity index (χ1) is 18.0. The van der Waals surface area contributed by atoms with Crippen molar-refractivity contribution in [3.05, 3.63) is 70.4 Å². The third-order valence-corrected chi connectivity index (χ3v) is 11.3. The minimum atomic E-state index is 0.0960. The van der Waals surface area contributed by atoms with E-state index < -0.39 is 0 Å². The molecule has 2 nitrogen and oxygen atoms in total. The molecule has 2 unspecified atom stereocenters. The van der Waals surface area contributed by atoms with Crippen LogP contribution < -0.4 is 21.3 Å². The number of rotatable bonds is 0. The summed E-state index contributed by atoms with van der Waals surface area (Å²) in [6.07, 6.45) is 5.17. The molecule has 38 heavy (non-hydrogen) atoms. The number of benzene rings is 3. The van der Waals surface area contributed by atoms with Gasteiger partial charge in [-0.2, -0.15) is 0 Å². The van der Waals surface area contributed by atoms with Gasteiger partial charge in [-0.15, -0.1) is 0 Å².